The molecule has 1 aliphatic heterocycles. The third-order valence-corrected chi connectivity index (χ3v) is 3.11. The Labute approximate surface area is 103 Å². The van der Waals surface area contributed by atoms with Crippen molar-refractivity contribution in [2.24, 2.45) is 5.41 Å². The fourth-order valence-corrected chi connectivity index (χ4v) is 1.79. The van der Waals surface area contributed by atoms with Crippen molar-refractivity contribution >= 4 is 11.9 Å². The van der Waals surface area contributed by atoms with Gasteiger partial charge in [0.1, 0.15) is 11.2 Å². The van der Waals surface area contributed by atoms with Crippen molar-refractivity contribution in [3.8, 4) is 0 Å². The van der Waals surface area contributed by atoms with Crippen LogP contribution in [0.4, 0.5) is 0 Å². The summed E-state index contributed by atoms with van der Waals surface area (Å²) < 4.78 is 9.93. The van der Waals surface area contributed by atoms with E-state index in [1.54, 1.807) is 13.8 Å². The molecule has 0 aliphatic carbocycles. The van der Waals surface area contributed by atoms with Crippen molar-refractivity contribution in [3.05, 3.63) is 17.5 Å². The third kappa shape index (κ3) is 2.08. The van der Waals surface area contributed by atoms with Crippen LogP contribution in [0, 0.1) is 12.3 Å². The molecule has 7 heteroatoms. The lowest BCUT2D eigenvalue weighted by Crippen LogP contribution is -2.49. The zero-order chi connectivity index (χ0) is 13.3. The Bertz CT molecular complexity index is 484. The summed E-state index contributed by atoms with van der Waals surface area (Å²) in [5.74, 6) is -0.944. The van der Waals surface area contributed by atoms with E-state index in [0.29, 0.717) is 5.76 Å². The Morgan fingerprint density at radius 1 is 1.61 bits per heavy atom. The van der Waals surface area contributed by atoms with E-state index < -0.39 is 23.3 Å². The number of ether oxygens (including phenoxy) is 1. The van der Waals surface area contributed by atoms with Crippen LogP contribution in [0.3, 0.4) is 0 Å². The quantitative estimate of drug-likeness (QED) is 0.799. The number of rotatable bonds is 3. The first kappa shape index (κ1) is 12.6. The maximum absolute atomic E-state index is 11.8. The summed E-state index contributed by atoms with van der Waals surface area (Å²) in [6, 6.07) is 0.906. The minimum Gasteiger partial charge on any atom is -0.481 e. The molecule has 0 spiro atoms. The highest BCUT2D eigenvalue weighted by atomic mass is 16.5. The predicted octanol–water partition coefficient (Wildman–Crippen LogP) is 0.203. The Hall–Kier alpha value is -1.89. The molecule has 1 aromatic rings. The zero-order valence-corrected chi connectivity index (χ0v) is 10.1. The summed E-state index contributed by atoms with van der Waals surface area (Å²) >= 11 is 0. The Kier molecular flexibility index (Phi) is 3.08. The van der Waals surface area contributed by atoms with Crippen LogP contribution in [0.1, 0.15) is 23.2 Å². The Morgan fingerprint density at radius 3 is 2.89 bits per heavy atom. The number of carboxylic acid groups (broad SMARTS) is 1. The van der Waals surface area contributed by atoms with Gasteiger partial charge in [-0.05, 0) is 13.8 Å². The van der Waals surface area contributed by atoms with Gasteiger partial charge in [0.2, 0.25) is 0 Å². The molecule has 1 saturated heterocycles. The Balaban J connectivity index is 2.10. The first-order chi connectivity index (χ1) is 8.43. The van der Waals surface area contributed by atoms with Crippen LogP contribution in [-0.4, -0.2) is 41.4 Å². The summed E-state index contributed by atoms with van der Waals surface area (Å²) in [5, 5.41) is 15.4. The summed E-state index contributed by atoms with van der Waals surface area (Å²) in [7, 11) is 0. The van der Waals surface area contributed by atoms with E-state index in [0.717, 1.165) is 0 Å². The molecule has 2 heterocycles. The van der Waals surface area contributed by atoms with Gasteiger partial charge in [-0.1, -0.05) is 5.16 Å². The van der Waals surface area contributed by atoms with Crippen molar-refractivity contribution in [3.63, 3.8) is 0 Å². The van der Waals surface area contributed by atoms with Crippen LogP contribution in [0.15, 0.2) is 10.6 Å². The highest BCUT2D eigenvalue weighted by Crippen LogP contribution is 2.28. The van der Waals surface area contributed by atoms with Crippen molar-refractivity contribution < 1.29 is 24.0 Å². The summed E-state index contributed by atoms with van der Waals surface area (Å²) in [6.07, 6.45) is 0. The average molecular weight is 254 g/mol. The molecule has 1 fully saturated rings. The van der Waals surface area contributed by atoms with Crippen LogP contribution in [0.2, 0.25) is 0 Å². The van der Waals surface area contributed by atoms with Gasteiger partial charge in [-0.3, -0.25) is 9.59 Å². The molecule has 2 atom stereocenters. The van der Waals surface area contributed by atoms with E-state index in [1.165, 1.54) is 6.07 Å². The Morgan fingerprint density at radius 2 is 2.33 bits per heavy atom. The van der Waals surface area contributed by atoms with Gasteiger partial charge in [0.25, 0.3) is 5.91 Å². The van der Waals surface area contributed by atoms with Crippen LogP contribution in [0.25, 0.3) is 0 Å². The lowest BCUT2D eigenvalue weighted by molar-refractivity contribution is -0.148. The predicted molar refractivity (Wildman–Crippen MR) is 59.1 cm³/mol. The van der Waals surface area contributed by atoms with Gasteiger partial charge >= 0.3 is 5.97 Å². The fourth-order valence-electron chi connectivity index (χ4n) is 1.79. The number of aromatic nitrogens is 1. The normalized spacial score (nSPS) is 27.1. The van der Waals surface area contributed by atoms with Gasteiger partial charge in [0.15, 0.2) is 5.69 Å². The molecule has 1 amide bonds. The highest BCUT2D eigenvalue weighted by molar-refractivity contribution is 5.93. The number of nitrogens with zero attached hydrogens (tertiary/aromatic N) is 1. The second kappa shape index (κ2) is 4.41. The van der Waals surface area contributed by atoms with Gasteiger partial charge in [-0.25, -0.2) is 0 Å². The number of hydrogen-bond acceptors (Lipinski definition) is 5. The SMILES string of the molecule is Cc1cc(C(=O)NC2COCC2(C)C(=O)O)no1. The number of nitrogens with one attached hydrogen (secondary N) is 1. The first-order valence-electron chi connectivity index (χ1n) is 5.49. The van der Waals surface area contributed by atoms with E-state index in [4.69, 9.17) is 14.4 Å². The summed E-state index contributed by atoms with van der Waals surface area (Å²) in [5.41, 5.74) is -0.985. The molecule has 0 radical (unpaired) electrons. The largest absolute Gasteiger partial charge is 0.481 e. The van der Waals surface area contributed by atoms with Gasteiger partial charge in [0.05, 0.1) is 19.3 Å². The molecular weight excluding hydrogens is 240 g/mol. The monoisotopic (exact) mass is 254 g/mol. The highest BCUT2D eigenvalue weighted by Gasteiger charge is 2.47. The van der Waals surface area contributed by atoms with Crippen molar-refractivity contribution in [2.45, 2.75) is 19.9 Å². The lowest BCUT2D eigenvalue weighted by Gasteiger charge is -2.24. The molecule has 2 N–H and O–H groups in total. The smallest absolute Gasteiger partial charge is 0.313 e. The van der Waals surface area contributed by atoms with Gasteiger partial charge < -0.3 is 19.7 Å². The molecule has 18 heavy (non-hydrogen) atoms. The molecule has 1 aliphatic rings. The number of carbonyl (C=O) groups excluding carboxylic acids is 1. The fraction of sp³-hybridized carbons (Fsp3) is 0.545. The summed E-state index contributed by atoms with van der Waals surface area (Å²) in [4.78, 5) is 23.0. The van der Waals surface area contributed by atoms with Gasteiger partial charge in [-0.2, -0.15) is 0 Å². The van der Waals surface area contributed by atoms with Crippen LogP contribution in [0.5, 0.6) is 0 Å². The molecule has 0 aromatic carbocycles. The molecule has 98 valence electrons. The number of carboxylic acids is 1. The van der Waals surface area contributed by atoms with Gasteiger partial charge in [0, 0.05) is 6.07 Å². The minimum atomic E-state index is -1.12. The molecule has 7 nitrogen and oxygen atoms in total. The second-order valence-electron chi connectivity index (χ2n) is 4.59. The molecular formula is C11H14N2O5. The minimum absolute atomic E-state index is 0.0745. The number of amides is 1. The standard InChI is InChI=1S/C11H14N2O5/c1-6-3-7(13-18-6)9(14)12-8-4-17-5-11(8,2)10(15)16/h3,8H,4-5H2,1-2H3,(H,12,14)(H,15,16). The van der Waals surface area contributed by atoms with E-state index >= 15 is 0 Å². The molecule has 2 rings (SSSR count). The zero-order valence-electron chi connectivity index (χ0n) is 10.1. The number of hydrogen-bond donors (Lipinski definition) is 2. The molecule has 0 bridgehead atoms. The van der Waals surface area contributed by atoms with Crippen molar-refractivity contribution in [1.82, 2.24) is 10.5 Å². The molecule has 0 saturated carbocycles. The van der Waals surface area contributed by atoms with Crippen LogP contribution >= 0.6 is 0 Å². The lowest BCUT2D eigenvalue weighted by atomic mass is 9.85. The summed E-state index contributed by atoms with van der Waals surface area (Å²) in [6.45, 7) is 3.46. The molecule has 1 aromatic heterocycles. The van der Waals surface area contributed by atoms with E-state index in [-0.39, 0.29) is 18.9 Å². The number of aliphatic carboxylic acids is 1. The van der Waals surface area contributed by atoms with Crippen LogP contribution in [-0.2, 0) is 9.53 Å². The average Bonchev–Trinajstić information content (AvgIpc) is 2.87. The third-order valence-electron chi connectivity index (χ3n) is 3.11. The van der Waals surface area contributed by atoms with Crippen LogP contribution < -0.4 is 5.32 Å². The van der Waals surface area contributed by atoms with Crippen molar-refractivity contribution in [1.29, 1.82) is 0 Å². The molecule has 2 unspecified atom stereocenters. The number of aryl methyl sites for hydroxylation is 1. The number of carbonyl (C=O) groups is 2. The topological polar surface area (TPSA) is 102 Å². The maximum atomic E-state index is 11.8. The van der Waals surface area contributed by atoms with Gasteiger partial charge in [-0.15, -0.1) is 0 Å². The second-order valence-corrected chi connectivity index (χ2v) is 4.59. The van der Waals surface area contributed by atoms with E-state index in [9.17, 15) is 9.59 Å². The van der Waals surface area contributed by atoms with E-state index in [1.807, 2.05) is 0 Å². The van der Waals surface area contributed by atoms with E-state index in [2.05, 4.69) is 10.5 Å². The first-order valence-corrected chi connectivity index (χ1v) is 5.49. The van der Waals surface area contributed by atoms with Crippen molar-refractivity contribution in [2.75, 3.05) is 13.2 Å². The maximum Gasteiger partial charge on any atom is 0.313 e.